The van der Waals surface area contributed by atoms with Crippen LogP contribution in [0.25, 0.3) is 0 Å². The molecule has 0 aromatic heterocycles. The fourth-order valence-electron chi connectivity index (χ4n) is 4.61. The topological polar surface area (TPSA) is 57.7 Å². The van der Waals surface area contributed by atoms with Crippen LogP contribution in [0.1, 0.15) is 44.2 Å². The van der Waals surface area contributed by atoms with E-state index < -0.39 is 9.84 Å². The van der Waals surface area contributed by atoms with E-state index in [4.69, 9.17) is 0 Å². The molecule has 1 aliphatic heterocycles. The number of benzene rings is 2. The molecule has 2 aromatic carbocycles. The summed E-state index contributed by atoms with van der Waals surface area (Å²) in [6.07, 6.45) is 5.76. The monoisotopic (exact) mass is 456 g/mol. The Kier molecular flexibility index (Phi) is 8.49. The van der Waals surface area contributed by atoms with Crippen LogP contribution in [-0.4, -0.2) is 62.1 Å². The van der Waals surface area contributed by atoms with Gasteiger partial charge in [0.05, 0.1) is 11.3 Å². The van der Waals surface area contributed by atoms with Crippen molar-refractivity contribution in [3.8, 4) is 0 Å². The number of hydrogen-bond donors (Lipinski definition) is 0. The molecule has 6 heteroatoms. The van der Waals surface area contributed by atoms with Crippen LogP contribution in [0, 0.1) is 0 Å². The molecule has 3 rings (SSSR count). The van der Waals surface area contributed by atoms with Gasteiger partial charge in [-0.3, -0.25) is 4.79 Å². The molecular formula is C26H36N2O3S. The number of likely N-dealkylation sites (N-methyl/N-ethyl adjacent to an activating group) is 1. The van der Waals surface area contributed by atoms with Crippen molar-refractivity contribution in [1.29, 1.82) is 0 Å². The highest BCUT2D eigenvalue weighted by molar-refractivity contribution is 7.90. The summed E-state index contributed by atoms with van der Waals surface area (Å²) in [5.41, 5.74) is 2.24. The Morgan fingerprint density at radius 3 is 2.22 bits per heavy atom. The number of rotatable bonds is 9. The molecule has 32 heavy (non-hydrogen) atoms. The van der Waals surface area contributed by atoms with Crippen molar-refractivity contribution in [3.05, 3.63) is 65.7 Å². The molecule has 1 amide bonds. The normalized spacial score (nSPS) is 16.6. The van der Waals surface area contributed by atoms with Crippen molar-refractivity contribution in [2.45, 2.75) is 62.9 Å². The van der Waals surface area contributed by atoms with Crippen LogP contribution in [0.4, 0.5) is 0 Å². The van der Waals surface area contributed by atoms with Gasteiger partial charge in [-0.1, -0.05) is 42.5 Å². The maximum absolute atomic E-state index is 13.0. The van der Waals surface area contributed by atoms with E-state index >= 15 is 0 Å². The third kappa shape index (κ3) is 6.66. The molecule has 1 heterocycles. The SMILES string of the molecule is CCN(C(=O)Cc1ccc(S(C)(=O)=O)cc1)C1CCN(C(C)CCc2ccccc2)CC1. The van der Waals surface area contributed by atoms with Crippen LogP contribution in [0.2, 0.25) is 0 Å². The number of carbonyl (C=O) groups excluding carboxylic acids is 1. The lowest BCUT2D eigenvalue weighted by Crippen LogP contribution is -2.49. The number of hydrogen-bond acceptors (Lipinski definition) is 4. The van der Waals surface area contributed by atoms with E-state index in [2.05, 4.69) is 42.2 Å². The van der Waals surface area contributed by atoms with Gasteiger partial charge in [-0.25, -0.2) is 8.42 Å². The van der Waals surface area contributed by atoms with E-state index in [0.717, 1.165) is 44.3 Å². The van der Waals surface area contributed by atoms with Crippen molar-refractivity contribution in [1.82, 2.24) is 9.80 Å². The smallest absolute Gasteiger partial charge is 0.227 e. The van der Waals surface area contributed by atoms with Crippen LogP contribution < -0.4 is 0 Å². The molecule has 5 nitrogen and oxygen atoms in total. The zero-order valence-electron chi connectivity index (χ0n) is 19.5. The predicted octanol–water partition coefficient (Wildman–Crippen LogP) is 3.97. The van der Waals surface area contributed by atoms with Gasteiger partial charge in [0.25, 0.3) is 0 Å². The Labute approximate surface area is 193 Å². The van der Waals surface area contributed by atoms with Gasteiger partial charge in [0, 0.05) is 38.0 Å². The molecule has 174 valence electrons. The second-order valence-electron chi connectivity index (χ2n) is 8.91. The molecule has 0 aliphatic carbocycles. The number of sulfone groups is 1. The Bertz CT molecular complexity index is 966. The molecule has 0 radical (unpaired) electrons. The first kappa shape index (κ1) is 24.5. The fraction of sp³-hybridized carbons (Fsp3) is 0.500. The van der Waals surface area contributed by atoms with E-state index in [0.29, 0.717) is 19.0 Å². The highest BCUT2D eigenvalue weighted by Crippen LogP contribution is 2.21. The van der Waals surface area contributed by atoms with E-state index in [1.165, 1.54) is 11.8 Å². The van der Waals surface area contributed by atoms with Crippen molar-refractivity contribution in [3.63, 3.8) is 0 Å². The van der Waals surface area contributed by atoms with Crippen molar-refractivity contribution >= 4 is 15.7 Å². The fourth-order valence-corrected chi connectivity index (χ4v) is 5.24. The largest absolute Gasteiger partial charge is 0.340 e. The van der Waals surface area contributed by atoms with E-state index in [1.54, 1.807) is 24.3 Å². The number of aryl methyl sites for hydroxylation is 1. The molecule has 1 fully saturated rings. The van der Waals surface area contributed by atoms with Gasteiger partial charge in [-0.05, 0) is 62.8 Å². The number of likely N-dealkylation sites (tertiary alicyclic amines) is 1. The van der Waals surface area contributed by atoms with Crippen LogP contribution in [0.3, 0.4) is 0 Å². The second kappa shape index (κ2) is 11.1. The van der Waals surface area contributed by atoms with Crippen molar-refractivity contribution < 1.29 is 13.2 Å². The Morgan fingerprint density at radius 2 is 1.66 bits per heavy atom. The maximum Gasteiger partial charge on any atom is 0.227 e. The zero-order valence-corrected chi connectivity index (χ0v) is 20.4. The van der Waals surface area contributed by atoms with E-state index in [9.17, 15) is 13.2 Å². The summed E-state index contributed by atoms with van der Waals surface area (Å²) in [4.78, 5) is 17.8. The first-order chi connectivity index (χ1) is 15.3. The summed E-state index contributed by atoms with van der Waals surface area (Å²) in [5, 5.41) is 0. The number of amides is 1. The summed E-state index contributed by atoms with van der Waals surface area (Å²) >= 11 is 0. The lowest BCUT2D eigenvalue weighted by Gasteiger charge is -2.40. The Hall–Kier alpha value is -2.18. The minimum Gasteiger partial charge on any atom is -0.340 e. The number of nitrogens with zero attached hydrogens (tertiary/aromatic N) is 2. The zero-order chi connectivity index (χ0) is 23.1. The van der Waals surface area contributed by atoms with Gasteiger partial charge in [0.1, 0.15) is 0 Å². The lowest BCUT2D eigenvalue weighted by atomic mass is 9.98. The van der Waals surface area contributed by atoms with Crippen LogP contribution >= 0.6 is 0 Å². The highest BCUT2D eigenvalue weighted by atomic mass is 32.2. The molecule has 0 spiro atoms. The summed E-state index contributed by atoms with van der Waals surface area (Å²) in [5.74, 6) is 0.121. The van der Waals surface area contributed by atoms with Crippen LogP contribution in [0.15, 0.2) is 59.5 Å². The highest BCUT2D eigenvalue weighted by Gasteiger charge is 2.28. The molecule has 0 bridgehead atoms. The number of carbonyl (C=O) groups is 1. The summed E-state index contributed by atoms with van der Waals surface area (Å²) < 4.78 is 23.3. The average molecular weight is 457 g/mol. The second-order valence-corrected chi connectivity index (χ2v) is 10.9. The predicted molar refractivity (Wildman–Crippen MR) is 129 cm³/mol. The molecule has 1 atom stereocenters. The van der Waals surface area contributed by atoms with Crippen molar-refractivity contribution in [2.24, 2.45) is 0 Å². The van der Waals surface area contributed by atoms with Gasteiger partial charge in [0.15, 0.2) is 9.84 Å². The molecule has 1 aliphatic rings. The minimum atomic E-state index is -3.22. The quantitative estimate of drug-likeness (QED) is 0.573. The van der Waals surface area contributed by atoms with Crippen LogP contribution in [0.5, 0.6) is 0 Å². The molecule has 2 aromatic rings. The third-order valence-corrected chi connectivity index (χ3v) is 7.75. The Balaban J connectivity index is 1.50. The van der Waals surface area contributed by atoms with E-state index in [1.807, 2.05) is 11.8 Å². The van der Waals surface area contributed by atoms with Crippen molar-refractivity contribution in [2.75, 3.05) is 25.9 Å². The van der Waals surface area contributed by atoms with Gasteiger partial charge < -0.3 is 9.80 Å². The van der Waals surface area contributed by atoms with Gasteiger partial charge in [0.2, 0.25) is 5.91 Å². The first-order valence-corrected chi connectivity index (χ1v) is 13.5. The number of piperidine rings is 1. The standard InChI is InChI=1S/C26H36N2O3S/c1-4-28(26(29)20-23-12-14-25(15-13-23)32(3,30)31)24-16-18-27(19-17-24)21(2)10-11-22-8-6-5-7-9-22/h5-9,12-15,21,24H,4,10-11,16-20H2,1-3H3. The summed E-state index contributed by atoms with van der Waals surface area (Å²) in [6, 6.07) is 18.1. The lowest BCUT2D eigenvalue weighted by molar-refractivity contribution is -0.133. The molecular weight excluding hydrogens is 420 g/mol. The third-order valence-electron chi connectivity index (χ3n) is 6.62. The maximum atomic E-state index is 13.0. The summed E-state index contributed by atoms with van der Waals surface area (Å²) in [6.45, 7) is 7.10. The Morgan fingerprint density at radius 1 is 1.03 bits per heavy atom. The molecule has 0 saturated carbocycles. The molecule has 0 N–H and O–H groups in total. The molecule has 1 saturated heterocycles. The average Bonchev–Trinajstić information content (AvgIpc) is 2.79. The van der Waals surface area contributed by atoms with Gasteiger partial charge in [-0.15, -0.1) is 0 Å². The van der Waals surface area contributed by atoms with E-state index in [-0.39, 0.29) is 16.8 Å². The van der Waals surface area contributed by atoms with Gasteiger partial charge >= 0.3 is 0 Å². The van der Waals surface area contributed by atoms with Gasteiger partial charge in [-0.2, -0.15) is 0 Å². The minimum absolute atomic E-state index is 0.121. The first-order valence-electron chi connectivity index (χ1n) is 11.6. The summed E-state index contributed by atoms with van der Waals surface area (Å²) in [7, 11) is -3.22. The van der Waals surface area contributed by atoms with Crippen LogP contribution in [-0.2, 0) is 27.5 Å². The molecule has 1 unspecified atom stereocenters.